The van der Waals surface area contributed by atoms with Gasteiger partial charge in [0.15, 0.2) is 5.82 Å². The molecule has 0 saturated heterocycles. The lowest BCUT2D eigenvalue weighted by molar-refractivity contribution is -0.116. The summed E-state index contributed by atoms with van der Waals surface area (Å²) < 4.78 is 0. The van der Waals surface area contributed by atoms with Crippen molar-refractivity contribution in [2.45, 2.75) is 19.3 Å². The SMILES string of the molecule is Nc1ccc(-c2cnc(NC(=O)CCc3ccccc3)c(Cc3ccccc3)n2)cc1. The Morgan fingerprint density at radius 3 is 2.16 bits per heavy atom. The Labute approximate surface area is 182 Å². The van der Waals surface area contributed by atoms with Gasteiger partial charge in [0.05, 0.1) is 17.6 Å². The van der Waals surface area contributed by atoms with Crippen LogP contribution < -0.4 is 11.1 Å². The van der Waals surface area contributed by atoms with Crippen LogP contribution in [0.25, 0.3) is 11.3 Å². The maximum Gasteiger partial charge on any atom is 0.225 e. The standard InChI is InChI=1S/C26H24N4O/c27-22-14-12-21(13-15-22)24-18-28-26(23(29-24)17-20-9-5-2-6-10-20)30-25(31)16-11-19-7-3-1-4-8-19/h1-10,12-15,18H,11,16-17,27H2,(H,28,30,31). The Hall–Kier alpha value is -3.99. The number of hydrogen-bond acceptors (Lipinski definition) is 4. The Kier molecular flexibility index (Phi) is 6.33. The number of carbonyl (C=O) groups is 1. The topological polar surface area (TPSA) is 80.9 Å². The molecule has 1 amide bonds. The Bertz CT molecular complexity index is 1140. The minimum atomic E-state index is -0.0762. The van der Waals surface area contributed by atoms with E-state index >= 15 is 0 Å². The molecule has 0 aliphatic heterocycles. The zero-order valence-corrected chi connectivity index (χ0v) is 17.2. The number of benzene rings is 3. The Balaban J connectivity index is 1.56. The first-order chi connectivity index (χ1) is 15.2. The summed E-state index contributed by atoms with van der Waals surface area (Å²) in [6.07, 6.45) is 3.33. The molecule has 31 heavy (non-hydrogen) atoms. The Morgan fingerprint density at radius 1 is 0.839 bits per heavy atom. The second-order valence-electron chi connectivity index (χ2n) is 7.37. The van der Waals surface area contributed by atoms with Crippen molar-refractivity contribution in [3.63, 3.8) is 0 Å². The smallest absolute Gasteiger partial charge is 0.225 e. The summed E-state index contributed by atoms with van der Waals surface area (Å²) >= 11 is 0. The highest BCUT2D eigenvalue weighted by Crippen LogP contribution is 2.23. The van der Waals surface area contributed by atoms with Crippen molar-refractivity contribution in [3.05, 3.63) is 108 Å². The summed E-state index contributed by atoms with van der Waals surface area (Å²) in [6, 6.07) is 27.5. The van der Waals surface area contributed by atoms with E-state index in [9.17, 15) is 4.79 Å². The molecule has 1 aromatic heterocycles. The summed E-state index contributed by atoms with van der Waals surface area (Å²) in [4.78, 5) is 22.0. The summed E-state index contributed by atoms with van der Waals surface area (Å²) in [5.74, 6) is 0.425. The molecule has 3 aromatic carbocycles. The molecule has 0 radical (unpaired) electrons. The molecule has 0 aliphatic rings. The van der Waals surface area contributed by atoms with Gasteiger partial charge in [-0.1, -0.05) is 72.8 Å². The van der Waals surface area contributed by atoms with E-state index in [0.717, 1.165) is 28.1 Å². The zero-order chi connectivity index (χ0) is 21.5. The van der Waals surface area contributed by atoms with Gasteiger partial charge in [-0.2, -0.15) is 0 Å². The van der Waals surface area contributed by atoms with Gasteiger partial charge in [-0.25, -0.2) is 9.97 Å². The number of hydrogen-bond donors (Lipinski definition) is 2. The predicted molar refractivity (Wildman–Crippen MR) is 125 cm³/mol. The van der Waals surface area contributed by atoms with Crippen LogP contribution in [0.5, 0.6) is 0 Å². The molecule has 0 bridgehead atoms. The van der Waals surface area contributed by atoms with E-state index in [4.69, 9.17) is 10.7 Å². The fraction of sp³-hybridized carbons (Fsp3) is 0.115. The van der Waals surface area contributed by atoms with Crippen molar-refractivity contribution < 1.29 is 4.79 Å². The van der Waals surface area contributed by atoms with Crippen molar-refractivity contribution >= 4 is 17.4 Å². The summed E-state index contributed by atoms with van der Waals surface area (Å²) in [7, 11) is 0. The third kappa shape index (κ3) is 5.54. The van der Waals surface area contributed by atoms with Gasteiger partial charge in [-0.05, 0) is 29.7 Å². The minimum Gasteiger partial charge on any atom is -0.399 e. The number of aromatic nitrogens is 2. The lowest BCUT2D eigenvalue weighted by Crippen LogP contribution is -2.16. The van der Waals surface area contributed by atoms with Gasteiger partial charge in [-0.3, -0.25) is 4.79 Å². The molecule has 154 valence electrons. The number of nitrogens with zero attached hydrogens (tertiary/aromatic N) is 2. The highest BCUT2D eigenvalue weighted by Gasteiger charge is 2.13. The van der Waals surface area contributed by atoms with Crippen molar-refractivity contribution in [2.24, 2.45) is 0 Å². The molecule has 0 aliphatic carbocycles. The molecule has 0 spiro atoms. The summed E-state index contributed by atoms with van der Waals surface area (Å²) in [6.45, 7) is 0. The first kappa shape index (κ1) is 20.3. The fourth-order valence-electron chi connectivity index (χ4n) is 3.33. The van der Waals surface area contributed by atoms with Crippen molar-refractivity contribution in [1.82, 2.24) is 9.97 Å². The molecule has 4 aromatic rings. The molecule has 5 heteroatoms. The molecular formula is C26H24N4O. The first-order valence-electron chi connectivity index (χ1n) is 10.3. The zero-order valence-electron chi connectivity index (χ0n) is 17.2. The molecule has 0 saturated carbocycles. The van der Waals surface area contributed by atoms with Crippen molar-refractivity contribution in [1.29, 1.82) is 0 Å². The van der Waals surface area contributed by atoms with E-state index in [-0.39, 0.29) is 5.91 Å². The third-order valence-corrected chi connectivity index (χ3v) is 5.01. The van der Waals surface area contributed by atoms with E-state index in [2.05, 4.69) is 10.3 Å². The molecule has 5 nitrogen and oxygen atoms in total. The number of amides is 1. The van der Waals surface area contributed by atoms with Crippen molar-refractivity contribution in [3.8, 4) is 11.3 Å². The lowest BCUT2D eigenvalue weighted by Gasteiger charge is -2.12. The van der Waals surface area contributed by atoms with Gasteiger partial charge in [0, 0.05) is 24.1 Å². The van der Waals surface area contributed by atoms with E-state index < -0.39 is 0 Å². The van der Waals surface area contributed by atoms with Gasteiger partial charge < -0.3 is 11.1 Å². The fourth-order valence-corrected chi connectivity index (χ4v) is 3.33. The van der Waals surface area contributed by atoms with Crippen LogP contribution in [0.4, 0.5) is 11.5 Å². The number of nitrogen functional groups attached to an aromatic ring is 1. The molecular weight excluding hydrogens is 384 g/mol. The number of nitrogens with one attached hydrogen (secondary N) is 1. The van der Waals surface area contributed by atoms with Crippen LogP contribution in [0, 0.1) is 0 Å². The number of nitrogens with two attached hydrogens (primary N) is 1. The Morgan fingerprint density at radius 2 is 1.48 bits per heavy atom. The molecule has 0 unspecified atom stereocenters. The molecule has 1 heterocycles. The van der Waals surface area contributed by atoms with E-state index in [0.29, 0.717) is 30.8 Å². The quantitative estimate of drug-likeness (QED) is 0.427. The van der Waals surface area contributed by atoms with Crippen LogP contribution in [0.1, 0.15) is 23.2 Å². The lowest BCUT2D eigenvalue weighted by atomic mass is 10.1. The van der Waals surface area contributed by atoms with Crippen LogP contribution in [-0.4, -0.2) is 15.9 Å². The van der Waals surface area contributed by atoms with Gasteiger partial charge >= 0.3 is 0 Å². The van der Waals surface area contributed by atoms with Crippen LogP contribution in [-0.2, 0) is 17.6 Å². The summed E-state index contributed by atoms with van der Waals surface area (Å²) in [5.41, 5.74) is 11.1. The van der Waals surface area contributed by atoms with Gasteiger partial charge in [0.25, 0.3) is 0 Å². The average Bonchev–Trinajstić information content (AvgIpc) is 2.81. The molecule has 3 N–H and O–H groups in total. The molecule has 0 atom stereocenters. The third-order valence-electron chi connectivity index (χ3n) is 5.01. The maximum absolute atomic E-state index is 12.6. The van der Waals surface area contributed by atoms with E-state index in [1.54, 1.807) is 6.20 Å². The minimum absolute atomic E-state index is 0.0762. The number of anilines is 2. The van der Waals surface area contributed by atoms with Gasteiger partial charge in [0.1, 0.15) is 0 Å². The first-order valence-corrected chi connectivity index (χ1v) is 10.3. The van der Waals surface area contributed by atoms with Crippen molar-refractivity contribution in [2.75, 3.05) is 11.1 Å². The van der Waals surface area contributed by atoms with Gasteiger partial charge in [-0.15, -0.1) is 0 Å². The second-order valence-corrected chi connectivity index (χ2v) is 7.37. The highest BCUT2D eigenvalue weighted by atomic mass is 16.1. The number of rotatable bonds is 7. The number of carbonyl (C=O) groups excluding carboxylic acids is 1. The summed E-state index contributed by atoms with van der Waals surface area (Å²) in [5, 5.41) is 2.96. The maximum atomic E-state index is 12.6. The van der Waals surface area contributed by atoms with Crippen LogP contribution in [0.2, 0.25) is 0 Å². The van der Waals surface area contributed by atoms with Crippen LogP contribution >= 0.6 is 0 Å². The predicted octanol–water partition coefficient (Wildman–Crippen LogP) is 4.89. The largest absolute Gasteiger partial charge is 0.399 e. The van der Waals surface area contributed by atoms with E-state index in [1.807, 2.05) is 84.9 Å². The van der Waals surface area contributed by atoms with Crippen LogP contribution in [0.15, 0.2) is 91.1 Å². The molecule has 0 fully saturated rings. The van der Waals surface area contributed by atoms with Crippen LogP contribution in [0.3, 0.4) is 0 Å². The highest BCUT2D eigenvalue weighted by molar-refractivity contribution is 5.90. The monoisotopic (exact) mass is 408 g/mol. The normalized spacial score (nSPS) is 10.6. The van der Waals surface area contributed by atoms with E-state index in [1.165, 1.54) is 0 Å². The van der Waals surface area contributed by atoms with Gasteiger partial charge in [0.2, 0.25) is 5.91 Å². The number of aryl methyl sites for hydroxylation is 1. The second kappa shape index (κ2) is 9.67. The molecule has 4 rings (SSSR count). The average molecular weight is 409 g/mol.